The van der Waals surface area contributed by atoms with Gasteiger partial charge in [0.2, 0.25) is 5.95 Å². The maximum Gasteiger partial charge on any atom is 1.00 e. The number of fused-ring (bicyclic) bond motifs is 1. The number of ether oxygens (including phenoxy) is 1. The van der Waals surface area contributed by atoms with Crippen molar-refractivity contribution in [3.8, 4) is 0 Å². The molecule has 12 nitrogen and oxygen atoms in total. The summed E-state index contributed by atoms with van der Waals surface area (Å²) in [4.78, 5) is 42.8. The number of nitrogens with two attached hydrogens (primary N) is 1. The van der Waals surface area contributed by atoms with Gasteiger partial charge in [0.05, 0.1) is 26.9 Å². The first kappa shape index (κ1) is 23.2. The molecule has 1 fully saturated rings. The number of phosphoric ester groups is 1. The van der Waals surface area contributed by atoms with E-state index in [4.69, 9.17) is 10.5 Å². The SMILES string of the molecule is Nc1nc2c(ncn2[C@H]2C[C@H](O)[C@@H](COP(=O)([O-])[O-])O2)c(=O)[nH]1.[Na+].[Na+]. The Kier molecular flexibility index (Phi) is 8.28. The van der Waals surface area contributed by atoms with E-state index in [1.807, 2.05) is 0 Å². The number of phosphoric acid groups is 1. The molecule has 0 spiro atoms. The fourth-order valence-corrected chi connectivity index (χ4v) is 2.68. The van der Waals surface area contributed by atoms with E-state index in [0.29, 0.717) is 0 Å². The molecule has 0 amide bonds. The molecule has 0 bridgehead atoms. The zero-order chi connectivity index (χ0) is 16.8. The molecule has 1 saturated heterocycles. The van der Waals surface area contributed by atoms with Gasteiger partial charge in [0.25, 0.3) is 5.56 Å². The van der Waals surface area contributed by atoms with Crippen LogP contribution in [0.1, 0.15) is 12.6 Å². The summed E-state index contributed by atoms with van der Waals surface area (Å²) in [6.45, 7) is -0.606. The first-order chi connectivity index (χ1) is 10.7. The van der Waals surface area contributed by atoms with Crippen LogP contribution in [0.5, 0.6) is 0 Å². The third kappa shape index (κ3) is 5.34. The molecule has 1 aliphatic heterocycles. The smallest absolute Gasteiger partial charge is 0.790 e. The quantitative estimate of drug-likeness (QED) is 0.333. The fourth-order valence-electron chi connectivity index (χ4n) is 2.35. The molecule has 15 heteroatoms. The van der Waals surface area contributed by atoms with Crippen LogP contribution in [0.15, 0.2) is 11.1 Å². The second kappa shape index (κ2) is 8.91. The van der Waals surface area contributed by atoms with E-state index in [1.165, 1.54) is 10.9 Å². The summed E-state index contributed by atoms with van der Waals surface area (Å²) >= 11 is 0. The molecule has 25 heavy (non-hydrogen) atoms. The number of imidazole rings is 1. The van der Waals surface area contributed by atoms with Crippen LogP contribution < -0.4 is 80.2 Å². The Hall–Kier alpha value is 0.180. The zero-order valence-electron chi connectivity index (χ0n) is 13.5. The summed E-state index contributed by atoms with van der Waals surface area (Å²) in [6, 6.07) is 0. The Morgan fingerprint density at radius 2 is 2.20 bits per heavy atom. The number of hydrogen-bond donors (Lipinski definition) is 3. The maximum absolute atomic E-state index is 11.7. The minimum atomic E-state index is -5.16. The normalized spacial score (nSPS) is 23.2. The Labute approximate surface area is 184 Å². The third-order valence-corrected chi connectivity index (χ3v) is 3.83. The Morgan fingerprint density at radius 3 is 2.84 bits per heavy atom. The van der Waals surface area contributed by atoms with Crippen molar-refractivity contribution in [2.24, 2.45) is 0 Å². The Morgan fingerprint density at radius 1 is 1.52 bits per heavy atom. The molecule has 4 N–H and O–H groups in total. The van der Waals surface area contributed by atoms with Gasteiger partial charge in [-0.1, -0.05) is 0 Å². The molecule has 3 rings (SSSR count). The predicted molar refractivity (Wildman–Crippen MR) is 70.7 cm³/mol. The average molecular weight is 391 g/mol. The molecule has 0 saturated carbocycles. The van der Waals surface area contributed by atoms with Gasteiger partial charge in [-0.3, -0.25) is 14.3 Å². The van der Waals surface area contributed by atoms with Crippen LogP contribution in [0.25, 0.3) is 11.2 Å². The standard InChI is InChI=1S/C10H14N5O7P.2Na/c11-10-13-8-7(9(17)14-10)12-3-15(8)6-1-4(16)5(22-6)2-21-23(18,19)20;;/h3-6,16H,1-2H2,(H2,18,19,20)(H3,11,13,14,17);;/q;2*+1/p-2/t4-,5+,6+;;/m0../s1. The van der Waals surface area contributed by atoms with Crippen LogP contribution in [-0.2, 0) is 13.8 Å². The molecule has 2 aromatic heterocycles. The number of aliphatic hydroxyl groups is 1. The van der Waals surface area contributed by atoms with Gasteiger partial charge in [-0.05, 0) is 0 Å². The van der Waals surface area contributed by atoms with Gasteiger partial charge in [-0.2, -0.15) is 4.98 Å². The zero-order valence-corrected chi connectivity index (χ0v) is 18.4. The van der Waals surface area contributed by atoms with Crippen molar-refractivity contribution in [1.82, 2.24) is 19.5 Å². The second-order valence-electron chi connectivity index (χ2n) is 4.95. The van der Waals surface area contributed by atoms with Crippen LogP contribution in [0.3, 0.4) is 0 Å². The summed E-state index contributed by atoms with van der Waals surface area (Å²) < 4.78 is 21.5. The number of nitrogens with one attached hydrogen (secondary N) is 1. The fraction of sp³-hybridized carbons (Fsp3) is 0.500. The van der Waals surface area contributed by atoms with Crippen molar-refractivity contribution in [3.05, 3.63) is 16.7 Å². The maximum atomic E-state index is 11.7. The summed E-state index contributed by atoms with van der Waals surface area (Å²) in [5.41, 5.74) is 5.16. The van der Waals surface area contributed by atoms with E-state index in [1.54, 1.807) is 0 Å². The van der Waals surface area contributed by atoms with Crippen molar-refractivity contribution in [2.45, 2.75) is 24.9 Å². The van der Waals surface area contributed by atoms with Crippen molar-refractivity contribution in [1.29, 1.82) is 0 Å². The number of H-pyrrole nitrogens is 1. The monoisotopic (exact) mass is 391 g/mol. The molecule has 0 radical (unpaired) electrons. The molecule has 0 aromatic carbocycles. The van der Waals surface area contributed by atoms with Gasteiger partial charge in [0.1, 0.15) is 12.3 Å². The number of rotatable bonds is 4. The molecular weight excluding hydrogens is 379 g/mol. The van der Waals surface area contributed by atoms with Crippen LogP contribution in [0.2, 0.25) is 0 Å². The van der Waals surface area contributed by atoms with Crippen LogP contribution in [-0.4, -0.2) is 43.4 Å². The van der Waals surface area contributed by atoms with E-state index < -0.39 is 38.4 Å². The summed E-state index contributed by atoms with van der Waals surface area (Å²) in [5.74, 6) is -0.110. The summed E-state index contributed by atoms with van der Waals surface area (Å²) in [5, 5.41) is 9.89. The number of nitrogen functional groups attached to an aromatic ring is 1. The third-order valence-electron chi connectivity index (χ3n) is 3.36. The molecule has 3 atom stereocenters. The largest absolute Gasteiger partial charge is 1.00 e. The van der Waals surface area contributed by atoms with Gasteiger partial charge in [0, 0.05) is 6.42 Å². The molecule has 0 aliphatic carbocycles. The first-order valence-electron chi connectivity index (χ1n) is 6.47. The molecule has 3 heterocycles. The Balaban J connectivity index is 0.00000156. The number of aromatic nitrogens is 4. The Bertz CT molecular complexity index is 839. The first-order valence-corrected chi connectivity index (χ1v) is 7.93. The molecule has 0 unspecified atom stereocenters. The second-order valence-corrected chi connectivity index (χ2v) is 6.10. The minimum absolute atomic E-state index is 0. The molecule has 2 aromatic rings. The minimum Gasteiger partial charge on any atom is -0.790 e. The van der Waals surface area contributed by atoms with Gasteiger partial charge in [0.15, 0.2) is 11.2 Å². The van der Waals surface area contributed by atoms with Crippen LogP contribution in [0.4, 0.5) is 5.95 Å². The number of hydrogen-bond acceptors (Lipinski definition) is 10. The van der Waals surface area contributed by atoms with Crippen molar-refractivity contribution < 1.29 is 87.8 Å². The number of anilines is 1. The number of nitrogens with zero attached hydrogens (tertiary/aromatic N) is 3. The van der Waals surface area contributed by atoms with E-state index in [9.17, 15) is 24.3 Å². The van der Waals surface area contributed by atoms with Gasteiger partial charge < -0.3 is 34.5 Å². The number of aliphatic hydroxyl groups excluding tert-OH is 1. The van der Waals surface area contributed by atoms with E-state index in [0.717, 1.165) is 0 Å². The molecular formula is C10H12N5Na2O7P. The van der Waals surface area contributed by atoms with Crippen molar-refractivity contribution in [3.63, 3.8) is 0 Å². The van der Waals surface area contributed by atoms with Gasteiger partial charge in [-0.15, -0.1) is 0 Å². The molecule has 1 aliphatic rings. The molecule has 126 valence electrons. The van der Waals surface area contributed by atoms with E-state index in [2.05, 4.69) is 19.5 Å². The van der Waals surface area contributed by atoms with E-state index >= 15 is 0 Å². The summed E-state index contributed by atoms with van der Waals surface area (Å²) in [6.07, 6.45) is -1.50. The number of aromatic amines is 1. The predicted octanol–water partition coefficient (Wildman–Crippen LogP) is -8.80. The van der Waals surface area contributed by atoms with Crippen molar-refractivity contribution in [2.75, 3.05) is 12.3 Å². The van der Waals surface area contributed by atoms with Gasteiger partial charge in [-0.25, -0.2) is 4.98 Å². The van der Waals surface area contributed by atoms with Gasteiger partial charge >= 0.3 is 59.1 Å². The average Bonchev–Trinajstić information content (AvgIpc) is 2.99. The van der Waals surface area contributed by atoms with Crippen LogP contribution >= 0.6 is 7.82 Å². The van der Waals surface area contributed by atoms with E-state index in [-0.39, 0.29) is 82.6 Å². The van der Waals surface area contributed by atoms with Crippen LogP contribution in [0, 0.1) is 0 Å². The van der Waals surface area contributed by atoms with Crippen molar-refractivity contribution >= 4 is 24.9 Å². The topological polar surface area (TPSA) is 191 Å². The summed E-state index contributed by atoms with van der Waals surface area (Å²) in [7, 11) is -5.16.